The predicted octanol–water partition coefficient (Wildman–Crippen LogP) is 15.1. The molecule has 5 aromatic carbocycles. The van der Waals surface area contributed by atoms with Gasteiger partial charge in [0.25, 0.3) is 0 Å². The van der Waals surface area contributed by atoms with E-state index in [4.69, 9.17) is 37.9 Å². The molecule has 0 heterocycles. The first kappa shape index (κ1) is 63.6. The quantitative estimate of drug-likeness (QED) is 0.00900. The summed E-state index contributed by atoms with van der Waals surface area (Å²) in [7, 11) is 4.00. The Hall–Kier alpha value is -8.27. The molecule has 16 nitrogen and oxygen atoms in total. The van der Waals surface area contributed by atoms with Gasteiger partial charge in [-0.3, -0.25) is 0 Å². The van der Waals surface area contributed by atoms with Crippen LogP contribution < -0.4 is 28.6 Å². The van der Waals surface area contributed by atoms with E-state index in [0.717, 1.165) is 144 Å². The van der Waals surface area contributed by atoms with E-state index in [1.807, 2.05) is 67.5 Å². The van der Waals surface area contributed by atoms with Crippen molar-refractivity contribution in [2.45, 2.75) is 116 Å². The van der Waals surface area contributed by atoms with Gasteiger partial charge in [-0.25, -0.2) is 24.0 Å². The van der Waals surface area contributed by atoms with Crippen LogP contribution in [-0.4, -0.2) is 83.6 Å². The lowest BCUT2D eigenvalue weighted by Crippen LogP contribution is -2.18. The highest BCUT2D eigenvalue weighted by Gasteiger charge is 2.23. The van der Waals surface area contributed by atoms with Crippen LogP contribution in [0.15, 0.2) is 151 Å². The monoisotopic (exact) mass is 1110 g/mol. The van der Waals surface area contributed by atoms with Crippen LogP contribution in [0.1, 0.15) is 147 Å². The van der Waals surface area contributed by atoms with Gasteiger partial charge in [-0.05, 0) is 179 Å². The van der Waals surface area contributed by atoms with Crippen molar-refractivity contribution >= 4 is 46.9 Å². The summed E-state index contributed by atoms with van der Waals surface area (Å²) in [6.45, 7) is 9.26. The number of esters is 5. The molecule has 0 bridgehead atoms. The van der Waals surface area contributed by atoms with Crippen molar-refractivity contribution in [2.24, 2.45) is 10.2 Å². The summed E-state index contributed by atoms with van der Waals surface area (Å²) in [4.78, 5) is 65.2. The van der Waals surface area contributed by atoms with Gasteiger partial charge in [0.05, 0.1) is 67.7 Å². The number of ether oxygens (including phenoxy) is 8. The fourth-order valence-electron chi connectivity index (χ4n) is 8.11. The van der Waals surface area contributed by atoms with Crippen LogP contribution in [0.5, 0.6) is 28.7 Å². The smallest absolute Gasteiger partial charge is 0.344 e. The molecular weight excluding hydrogens is 1030 g/mol. The zero-order valence-corrected chi connectivity index (χ0v) is 47.2. The third-order valence-electron chi connectivity index (χ3n) is 12.7. The number of carbonyl (C=O) groups is 5. The maximum Gasteiger partial charge on any atom is 0.344 e. The third kappa shape index (κ3) is 25.6. The average molecular weight is 1110 g/mol. The minimum absolute atomic E-state index is 0.0356. The Morgan fingerprint density at radius 1 is 0.383 bits per heavy atom. The van der Waals surface area contributed by atoms with Gasteiger partial charge < -0.3 is 42.8 Å². The van der Waals surface area contributed by atoms with Gasteiger partial charge in [0.1, 0.15) is 28.7 Å². The SMILES string of the molecule is C=CC(=O)OCCCCCCOc1ccc(OC(=O)c2ccc(C(=O)Oc3ccc(OCCCCCCOC(=O)C=C)cc3)c(C(=O)OCCCCCCCCCCCCOc3ccc(N=Nc4ccc(N(C)C)cc4)cc3)c2)cc1. The van der Waals surface area contributed by atoms with E-state index in [1.54, 1.807) is 48.5 Å². The molecule has 0 aliphatic heterocycles. The maximum absolute atomic E-state index is 13.7. The van der Waals surface area contributed by atoms with Crippen molar-refractivity contribution in [1.29, 1.82) is 0 Å². The fourth-order valence-corrected chi connectivity index (χ4v) is 8.11. The molecule has 0 N–H and O–H groups in total. The summed E-state index contributed by atoms with van der Waals surface area (Å²) in [6, 6.07) is 32.8. The third-order valence-corrected chi connectivity index (χ3v) is 12.7. The summed E-state index contributed by atoms with van der Waals surface area (Å²) in [6.07, 6.45) is 19.3. The molecule has 0 aliphatic rings. The Kier molecular flexibility index (Phi) is 29.5. The van der Waals surface area contributed by atoms with E-state index in [9.17, 15) is 24.0 Å². The number of rotatable bonds is 40. The number of hydrogen-bond acceptors (Lipinski definition) is 16. The second-order valence-electron chi connectivity index (χ2n) is 19.4. The summed E-state index contributed by atoms with van der Waals surface area (Å²) in [5, 5.41) is 8.67. The van der Waals surface area contributed by atoms with E-state index in [0.29, 0.717) is 51.0 Å². The molecule has 0 unspecified atom stereocenters. The summed E-state index contributed by atoms with van der Waals surface area (Å²) in [5.41, 5.74) is 2.51. The van der Waals surface area contributed by atoms with Crippen LogP contribution in [0.2, 0.25) is 0 Å². The van der Waals surface area contributed by atoms with Crippen LogP contribution in [0.25, 0.3) is 0 Å². The highest BCUT2D eigenvalue weighted by molar-refractivity contribution is 6.06. The second kappa shape index (κ2) is 37.6. The van der Waals surface area contributed by atoms with E-state index in [1.165, 1.54) is 18.2 Å². The topological polar surface area (TPSA) is 187 Å². The highest BCUT2D eigenvalue weighted by atomic mass is 16.6. The first-order chi connectivity index (χ1) is 39.5. The zero-order valence-electron chi connectivity index (χ0n) is 47.2. The van der Waals surface area contributed by atoms with Crippen molar-refractivity contribution in [3.8, 4) is 28.7 Å². The van der Waals surface area contributed by atoms with Gasteiger partial charge in [-0.1, -0.05) is 64.5 Å². The minimum atomic E-state index is -0.809. The summed E-state index contributed by atoms with van der Waals surface area (Å²) < 4.78 is 44.6. The van der Waals surface area contributed by atoms with Gasteiger partial charge in [0.15, 0.2) is 0 Å². The van der Waals surface area contributed by atoms with Crippen LogP contribution in [-0.2, 0) is 23.8 Å². The first-order valence-electron chi connectivity index (χ1n) is 28.2. The largest absolute Gasteiger partial charge is 0.494 e. The van der Waals surface area contributed by atoms with E-state index in [2.05, 4.69) is 23.4 Å². The molecule has 0 spiro atoms. The lowest BCUT2D eigenvalue weighted by molar-refractivity contribution is -0.138. The minimum Gasteiger partial charge on any atom is -0.494 e. The standard InChI is InChI=1S/C65H79N3O13/c1-5-61(69)77-46-22-17-15-20-44-75-55-34-38-57(39-35-55)80-63(71)50-25-42-59(65(73)81-58-40-36-56(37-41-58)76-45-21-16-18-23-47-78-62(70)6-2)60(49-50)64(72)79-48-24-14-12-10-8-7-9-11-13-19-43-74-54-32-28-52(29-33-54)67-66-51-26-30-53(31-27-51)68(3)4/h5-6,25-42,49H,1-2,7-24,43-48H2,3-4H3. The van der Waals surface area contributed by atoms with Gasteiger partial charge in [-0.15, -0.1) is 0 Å². The lowest BCUT2D eigenvalue weighted by Gasteiger charge is -2.12. The fraction of sp³-hybridized carbons (Fsp3) is 0.400. The Bertz CT molecular complexity index is 2720. The average Bonchev–Trinajstić information content (AvgIpc) is 3.51. The number of hydrogen-bond donors (Lipinski definition) is 0. The molecule has 0 amide bonds. The normalized spacial score (nSPS) is 10.8. The molecule has 5 rings (SSSR count). The molecule has 0 atom stereocenters. The molecule has 5 aromatic rings. The Morgan fingerprint density at radius 2 is 0.728 bits per heavy atom. The highest BCUT2D eigenvalue weighted by Crippen LogP contribution is 2.26. The van der Waals surface area contributed by atoms with E-state index < -0.39 is 29.8 Å². The van der Waals surface area contributed by atoms with Crippen molar-refractivity contribution in [3.05, 3.63) is 157 Å². The maximum atomic E-state index is 13.7. The van der Waals surface area contributed by atoms with Crippen molar-refractivity contribution in [1.82, 2.24) is 0 Å². The lowest BCUT2D eigenvalue weighted by atomic mass is 10.0. The van der Waals surface area contributed by atoms with Gasteiger partial charge >= 0.3 is 29.8 Å². The number of nitrogens with zero attached hydrogens (tertiary/aromatic N) is 3. The molecule has 0 aliphatic carbocycles. The molecule has 0 aromatic heterocycles. The second-order valence-corrected chi connectivity index (χ2v) is 19.4. The molecule has 0 fully saturated rings. The molecule has 0 radical (unpaired) electrons. The van der Waals surface area contributed by atoms with Crippen molar-refractivity contribution in [2.75, 3.05) is 58.6 Å². The summed E-state index contributed by atoms with van der Waals surface area (Å²) >= 11 is 0. The summed E-state index contributed by atoms with van der Waals surface area (Å²) in [5.74, 6) is -0.664. The van der Waals surface area contributed by atoms with Gasteiger partial charge in [-0.2, -0.15) is 10.2 Å². The van der Waals surface area contributed by atoms with Crippen LogP contribution in [0, 0.1) is 0 Å². The number of carbonyl (C=O) groups excluding carboxylic acids is 5. The number of azo groups is 1. The Balaban J connectivity index is 1.02. The van der Waals surface area contributed by atoms with Crippen LogP contribution in [0.4, 0.5) is 17.1 Å². The van der Waals surface area contributed by atoms with Crippen molar-refractivity contribution in [3.63, 3.8) is 0 Å². The number of benzene rings is 5. The molecule has 16 heteroatoms. The molecule has 0 saturated heterocycles. The number of unbranched alkanes of at least 4 members (excludes halogenated alkanes) is 15. The van der Waals surface area contributed by atoms with Crippen molar-refractivity contribution < 1.29 is 61.9 Å². The Labute approximate surface area is 477 Å². The van der Waals surface area contributed by atoms with Crippen LogP contribution >= 0.6 is 0 Å². The number of anilines is 1. The van der Waals surface area contributed by atoms with Gasteiger partial charge in [0, 0.05) is 31.9 Å². The molecule has 432 valence electrons. The molecule has 0 saturated carbocycles. The Morgan fingerprint density at radius 3 is 1.14 bits per heavy atom. The van der Waals surface area contributed by atoms with E-state index >= 15 is 0 Å². The van der Waals surface area contributed by atoms with E-state index in [-0.39, 0.29) is 34.8 Å². The first-order valence-corrected chi connectivity index (χ1v) is 28.2. The van der Waals surface area contributed by atoms with Crippen LogP contribution in [0.3, 0.4) is 0 Å². The zero-order chi connectivity index (χ0) is 57.7. The van der Waals surface area contributed by atoms with Gasteiger partial charge in [0.2, 0.25) is 0 Å². The predicted molar refractivity (Wildman–Crippen MR) is 313 cm³/mol. The molecule has 81 heavy (non-hydrogen) atoms. The molecular formula is C65H79N3O13.